The predicted octanol–water partition coefficient (Wildman–Crippen LogP) is 3.49. The van der Waals surface area contributed by atoms with Crippen molar-refractivity contribution in [3.63, 3.8) is 0 Å². The summed E-state index contributed by atoms with van der Waals surface area (Å²) in [4.78, 5) is 14.4. The zero-order valence-electron chi connectivity index (χ0n) is 18.6. The summed E-state index contributed by atoms with van der Waals surface area (Å²) in [5, 5.41) is 17.3. The van der Waals surface area contributed by atoms with E-state index < -0.39 is 9.84 Å². The minimum Gasteiger partial charge on any atom is -0.494 e. The van der Waals surface area contributed by atoms with E-state index in [0.29, 0.717) is 34.9 Å². The molecule has 1 fully saturated rings. The van der Waals surface area contributed by atoms with Crippen LogP contribution in [0.4, 0.5) is 17.5 Å². The van der Waals surface area contributed by atoms with Crippen LogP contribution < -0.4 is 10.6 Å². The van der Waals surface area contributed by atoms with E-state index in [0.717, 1.165) is 12.8 Å². The van der Waals surface area contributed by atoms with Gasteiger partial charge in [0.1, 0.15) is 11.2 Å². The number of hydrogen-bond donors (Lipinski definition) is 4. The van der Waals surface area contributed by atoms with Crippen molar-refractivity contribution in [1.29, 1.82) is 0 Å². The lowest BCUT2D eigenvalue weighted by Gasteiger charge is -2.43. The van der Waals surface area contributed by atoms with E-state index in [1.807, 2.05) is 0 Å². The van der Waals surface area contributed by atoms with Gasteiger partial charge in [0.15, 0.2) is 9.84 Å². The first kappa shape index (κ1) is 22.3. The molecule has 0 radical (unpaired) electrons. The second-order valence-electron chi connectivity index (χ2n) is 8.75. The van der Waals surface area contributed by atoms with Crippen LogP contribution in [0.25, 0.3) is 10.9 Å². The fraction of sp³-hybridized carbons (Fsp3) is 0.455. The van der Waals surface area contributed by atoms with Crippen LogP contribution in [0.15, 0.2) is 35.4 Å². The van der Waals surface area contributed by atoms with Crippen molar-refractivity contribution in [1.82, 2.24) is 19.9 Å². The number of aromatic amines is 1. The van der Waals surface area contributed by atoms with Gasteiger partial charge in [-0.1, -0.05) is 25.3 Å². The highest BCUT2D eigenvalue weighted by Gasteiger charge is 2.34. The van der Waals surface area contributed by atoms with Crippen molar-refractivity contribution in [2.75, 3.05) is 37.5 Å². The minimum absolute atomic E-state index is 0.0499. The molecule has 10 heteroatoms. The number of aromatic nitrogens is 3. The Balaban J connectivity index is 1.65. The summed E-state index contributed by atoms with van der Waals surface area (Å²) in [6.07, 6.45) is 8.69. The number of hydrogen-bond acceptors (Lipinski definition) is 8. The molecule has 9 nitrogen and oxygen atoms in total. The first-order valence-corrected chi connectivity index (χ1v) is 12.6. The van der Waals surface area contributed by atoms with Gasteiger partial charge in [0.25, 0.3) is 0 Å². The second kappa shape index (κ2) is 8.59. The number of nitrogens with one attached hydrogen (secondary N) is 3. The van der Waals surface area contributed by atoms with Crippen LogP contribution >= 0.6 is 0 Å². The second-order valence-corrected chi connectivity index (χ2v) is 10.8. The van der Waals surface area contributed by atoms with E-state index >= 15 is 0 Å². The smallest absolute Gasteiger partial charge is 0.225 e. The quantitative estimate of drug-likeness (QED) is 0.424. The average Bonchev–Trinajstić information content (AvgIpc) is 3.13. The monoisotopic (exact) mass is 458 g/mol. The molecule has 32 heavy (non-hydrogen) atoms. The van der Waals surface area contributed by atoms with Crippen LogP contribution in [0, 0.1) is 0 Å². The van der Waals surface area contributed by atoms with Gasteiger partial charge in [-0.2, -0.15) is 4.98 Å². The summed E-state index contributed by atoms with van der Waals surface area (Å²) < 4.78 is 23.9. The maximum atomic E-state index is 11.9. The number of sulfone groups is 1. The molecule has 0 spiro atoms. The summed E-state index contributed by atoms with van der Waals surface area (Å²) in [6, 6.07) is 6.50. The van der Waals surface area contributed by atoms with Gasteiger partial charge in [-0.15, -0.1) is 0 Å². The van der Waals surface area contributed by atoms with E-state index in [1.54, 1.807) is 30.5 Å². The van der Waals surface area contributed by atoms with Crippen LogP contribution in [0.1, 0.15) is 32.1 Å². The number of rotatable bonds is 7. The molecule has 1 aliphatic carbocycles. The van der Waals surface area contributed by atoms with Crippen LogP contribution in [0.5, 0.6) is 5.88 Å². The van der Waals surface area contributed by atoms with Crippen LogP contribution in [0.2, 0.25) is 0 Å². The Kier molecular flexibility index (Phi) is 6.00. The topological polar surface area (TPSA) is 123 Å². The fourth-order valence-electron chi connectivity index (χ4n) is 4.37. The molecule has 1 saturated carbocycles. The molecule has 1 aromatic carbocycles. The molecule has 0 unspecified atom stereocenters. The first-order valence-electron chi connectivity index (χ1n) is 10.7. The van der Waals surface area contributed by atoms with Gasteiger partial charge in [-0.05, 0) is 45.1 Å². The van der Waals surface area contributed by atoms with E-state index in [9.17, 15) is 13.5 Å². The molecule has 2 heterocycles. The van der Waals surface area contributed by atoms with Gasteiger partial charge in [-0.3, -0.25) is 0 Å². The molecule has 3 aromatic rings. The van der Waals surface area contributed by atoms with Gasteiger partial charge in [-0.25, -0.2) is 13.4 Å². The van der Waals surface area contributed by atoms with E-state index in [1.165, 1.54) is 25.5 Å². The summed E-state index contributed by atoms with van der Waals surface area (Å²) in [6.45, 7) is 0.713. The van der Waals surface area contributed by atoms with Crippen molar-refractivity contribution in [2.24, 2.45) is 0 Å². The maximum absolute atomic E-state index is 11.9. The summed E-state index contributed by atoms with van der Waals surface area (Å²) in [5.41, 5.74) is 1.16. The lowest BCUT2D eigenvalue weighted by Crippen LogP contribution is -2.51. The third kappa shape index (κ3) is 4.51. The highest BCUT2D eigenvalue weighted by atomic mass is 32.2. The Morgan fingerprint density at radius 2 is 1.94 bits per heavy atom. The van der Waals surface area contributed by atoms with Crippen molar-refractivity contribution < 1.29 is 13.5 Å². The van der Waals surface area contributed by atoms with Gasteiger partial charge < -0.3 is 25.6 Å². The molecule has 2 aromatic heterocycles. The minimum atomic E-state index is -3.35. The molecule has 1 aliphatic rings. The third-order valence-electron chi connectivity index (χ3n) is 6.35. The molecule has 172 valence electrons. The molecule has 0 saturated heterocycles. The third-order valence-corrected chi connectivity index (χ3v) is 7.46. The summed E-state index contributed by atoms with van der Waals surface area (Å²) >= 11 is 0. The zero-order valence-corrected chi connectivity index (χ0v) is 19.5. The number of nitrogens with zero attached hydrogens (tertiary/aromatic N) is 3. The molecule has 0 aliphatic heterocycles. The van der Waals surface area contributed by atoms with Crippen molar-refractivity contribution in [3.05, 3.63) is 30.5 Å². The molecule has 0 bridgehead atoms. The van der Waals surface area contributed by atoms with Gasteiger partial charge in [0.05, 0.1) is 10.4 Å². The summed E-state index contributed by atoms with van der Waals surface area (Å²) in [5.74, 6) is 0.792. The van der Waals surface area contributed by atoms with Gasteiger partial charge in [0.2, 0.25) is 11.8 Å². The average molecular weight is 459 g/mol. The summed E-state index contributed by atoms with van der Waals surface area (Å²) in [7, 11) is 0.881. The fourth-order valence-corrected chi connectivity index (χ4v) is 5.04. The number of fused-ring (bicyclic) bond motifs is 1. The van der Waals surface area contributed by atoms with Crippen molar-refractivity contribution >= 4 is 38.2 Å². The van der Waals surface area contributed by atoms with Crippen LogP contribution in [-0.4, -0.2) is 65.8 Å². The molecule has 4 N–H and O–H groups in total. The first-order chi connectivity index (χ1) is 15.2. The van der Waals surface area contributed by atoms with E-state index in [4.69, 9.17) is 0 Å². The zero-order chi connectivity index (χ0) is 22.9. The molecular formula is C22H30N6O3S. The van der Waals surface area contributed by atoms with E-state index in [2.05, 4.69) is 44.6 Å². The predicted molar refractivity (Wildman–Crippen MR) is 126 cm³/mol. The SMILES string of the molecule is CN(C)C1(CNc2nc(Nc3cccc(S(C)(=O)=O)c3)c3c(O)[nH]cc3n2)CCCCC1. The molecular weight excluding hydrogens is 428 g/mol. The van der Waals surface area contributed by atoms with Gasteiger partial charge in [0, 0.05) is 30.2 Å². The molecule has 0 amide bonds. The largest absolute Gasteiger partial charge is 0.494 e. The standard InChI is InChI=1S/C22H30N6O3S/c1-28(2)22(10-5-4-6-11-22)14-24-21-26-17-13-23-20(29)18(17)19(27-21)25-15-8-7-9-16(12-15)32(3,30)31/h7-9,12-13,23,29H,4-6,10-11,14H2,1-3H3,(H2,24,25,26,27). The normalized spacial score (nSPS) is 16.4. The van der Waals surface area contributed by atoms with E-state index in [-0.39, 0.29) is 16.3 Å². The highest BCUT2D eigenvalue weighted by Crippen LogP contribution is 2.34. The lowest BCUT2D eigenvalue weighted by atomic mass is 9.80. The van der Waals surface area contributed by atoms with Crippen molar-refractivity contribution in [2.45, 2.75) is 42.5 Å². The van der Waals surface area contributed by atoms with Crippen molar-refractivity contribution in [3.8, 4) is 5.88 Å². The number of likely N-dealkylation sites (N-methyl/N-ethyl adjacent to an activating group) is 1. The lowest BCUT2D eigenvalue weighted by molar-refractivity contribution is 0.113. The number of aromatic hydroxyl groups is 1. The Morgan fingerprint density at radius 3 is 2.62 bits per heavy atom. The maximum Gasteiger partial charge on any atom is 0.225 e. The van der Waals surface area contributed by atoms with Gasteiger partial charge >= 0.3 is 0 Å². The Morgan fingerprint density at radius 1 is 1.19 bits per heavy atom. The van der Waals surface area contributed by atoms with Crippen LogP contribution in [-0.2, 0) is 9.84 Å². The van der Waals surface area contributed by atoms with Crippen LogP contribution in [0.3, 0.4) is 0 Å². The Labute approximate surface area is 188 Å². The number of H-pyrrole nitrogens is 1. The Hall–Kier alpha value is -2.85. The Bertz CT molecular complexity index is 1220. The molecule has 0 atom stereocenters. The number of benzene rings is 1. The highest BCUT2D eigenvalue weighted by molar-refractivity contribution is 7.90. The molecule has 4 rings (SSSR count). The number of anilines is 3.